The molecular formula is C23H39NO5S-2. The van der Waals surface area contributed by atoms with Crippen molar-refractivity contribution in [3.8, 4) is 0 Å². The van der Waals surface area contributed by atoms with Gasteiger partial charge in [0.1, 0.15) is 10.1 Å². The van der Waals surface area contributed by atoms with Crippen molar-refractivity contribution in [2.45, 2.75) is 95.8 Å². The van der Waals surface area contributed by atoms with E-state index in [9.17, 15) is 22.9 Å². The molecule has 0 spiro atoms. The third-order valence-corrected chi connectivity index (χ3v) is 5.64. The highest BCUT2D eigenvalue weighted by Gasteiger charge is 1.98. The number of carbonyl (C=O) groups is 1. The molecule has 7 heteroatoms. The molecule has 0 fully saturated rings. The summed E-state index contributed by atoms with van der Waals surface area (Å²) in [5, 5.41) is 13.0. The summed E-state index contributed by atoms with van der Waals surface area (Å²) in [5.74, 6) is -1.01. The number of nitrogens with one attached hydrogen (secondary N) is 1. The molecule has 0 aliphatic rings. The van der Waals surface area contributed by atoms with E-state index in [0.29, 0.717) is 0 Å². The van der Waals surface area contributed by atoms with Gasteiger partial charge < -0.3 is 19.8 Å². The zero-order chi connectivity index (χ0) is 22.7. The van der Waals surface area contributed by atoms with Crippen molar-refractivity contribution in [1.29, 1.82) is 0 Å². The van der Waals surface area contributed by atoms with Gasteiger partial charge in [-0.2, -0.15) is 0 Å². The zero-order valence-corrected chi connectivity index (χ0v) is 19.5. The van der Waals surface area contributed by atoms with E-state index in [4.69, 9.17) is 0 Å². The van der Waals surface area contributed by atoms with E-state index in [2.05, 4.69) is 12.2 Å². The lowest BCUT2D eigenvalue weighted by Crippen LogP contribution is -2.34. The van der Waals surface area contributed by atoms with Crippen LogP contribution in [0.5, 0.6) is 0 Å². The predicted octanol–water partition coefficient (Wildman–Crippen LogP) is 3.93. The third-order valence-electron chi connectivity index (χ3n) is 4.79. The first kappa shape index (κ1) is 28.6. The van der Waals surface area contributed by atoms with E-state index in [1.165, 1.54) is 82.8 Å². The Kier molecular flexibility index (Phi) is 17.5. The average Bonchev–Trinajstić information content (AvgIpc) is 2.68. The fraction of sp³-hybridized carbons (Fsp3) is 0.696. The lowest BCUT2D eigenvalue weighted by atomic mass is 10.1. The van der Waals surface area contributed by atoms with E-state index in [1.54, 1.807) is 12.1 Å². The summed E-state index contributed by atoms with van der Waals surface area (Å²) >= 11 is 0. The summed E-state index contributed by atoms with van der Waals surface area (Å²) in [5.41, 5.74) is 0.928. The number of hydrogen-bond acceptors (Lipinski definition) is 6. The Morgan fingerprint density at radius 1 is 0.833 bits per heavy atom. The molecule has 0 aromatic heterocycles. The van der Waals surface area contributed by atoms with E-state index in [1.807, 2.05) is 6.92 Å². The minimum atomic E-state index is -4.27. The lowest BCUT2D eigenvalue weighted by Gasteiger charge is -2.05. The number of carbonyl (C=O) groups excluding carboxylic acids is 1. The SMILES string of the molecule is CCCCCCCCCCCCCCNCC(=O)[O-].Cc1ccc(S(=O)(=O)[O-])cc1. The molecule has 0 heterocycles. The van der Waals surface area contributed by atoms with Crippen LogP contribution in [-0.2, 0) is 14.9 Å². The van der Waals surface area contributed by atoms with Crippen LogP contribution in [0.15, 0.2) is 29.2 Å². The highest BCUT2D eigenvalue weighted by Crippen LogP contribution is 2.11. The highest BCUT2D eigenvalue weighted by molar-refractivity contribution is 7.85. The van der Waals surface area contributed by atoms with Crippen molar-refractivity contribution in [1.82, 2.24) is 5.32 Å². The van der Waals surface area contributed by atoms with Crippen LogP contribution in [-0.4, -0.2) is 32.0 Å². The molecule has 0 saturated heterocycles. The van der Waals surface area contributed by atoms with Crippen LogP contribution in [0.2, 0.25) is 0 Å². The molecular weight excluding hydrogens is 402 g/mol. The quantitative estimate of drug-likeness (QED) is 0.307. The third kappa shape index (κ3) is 18.6. The minimum absolute atomic E-state index is 0.0158. The van der Waals surface area contributed by atoms with Crippen LogP contribution < -0.4 is 10.4 Å². The first-order valence-electron chi connectivity index (χ1n) is 11.2. The molecule has 6 nitrogen and oxygen atoms in total. The Labute approximate surface area is 183 Å². The largest absolute Gasteiger partial charge is 0.744 e. The van der Waals surface area contributed by atoms with Gasteiger partial charge in [-0.05, 0) is 32.0 Å². The van der Waals surface area contributed by atoms with Gasteiger partial charge >= 0.3 is 0 Å². The molecule has 1 aromatic carbocycles. The van der Waals surface area contributed by atoms with Gasteiger partial charge in [0.25, 0.3) is 0 Å². The van der Waals surface area contributed by atoms with Crippen molar-refractivity contribution in [3.63, 3.8) is 0 Å². The van der Waals surface area contributed by atoms with Gasteiger partial charge in [-0.1, -0.05) is 95.2 Å². The van der Waals surface area contributed by atoms with Crippen molar-refractivity contribution in [3.05, 3.63) is 29.8 Å². The second kappa shape index (κ2) is 18.3. The zero-order valence-electron chi connectivity index (χ0n) is 18.7. The molecule has 0 unspecified atom stereocenters. The van der Waals surface area contributed by atoms with Crippen molar-refractivity contribution in [2.24, 2.45) is 0 Å². The van der Waals surface area contributed by atoms with Gasteiger partial charge in [-0.15, -0.1) is 0 Å². The van der Waals surface area contributed by atoms with E-state index in [0.717, 1.165) is 18.5 Å². The second-order valence-electron chi connectivity index (χ2n) is 7.71. The Morgan fingerprint density at radius 3 is 1.67 bits per heavy atom. The van der Waals surface area contributed by atoms with Gasteiger partial charge in [0.05, 0.1) is 10.9 Å². The number of hydrogen-bond donors (Lipinski definition) is 1. The maximum Gasteiger partial charge on any atom is 0.124 e. The summed E-state index contributed by atoms with van der Waals surface area (Å²) in [7, 11) is -4.27. The molecule has 0 radical (unpaired) electrons. The van der Waals surface area contributed by atoms with Gasteiger partial charge in [-0.25, -0.2) is 8.42 Å². The van der Waals surface area contributed by atoms with Crippen LogP contribution in [0.3, 0.4) is 0 Å². The van der Waals surface area contributed by atoms with Crippen LogP contribution in [0.1, 0.15) is 89.5 Å². The minimum Gasteiger partial charge on any atom is -0.744 e. The number of carboxylic acid groups (broad SMARTS) is 1. The maximum absolute atomic E-state index is 10.4. The number of rotatable bonds is 16. The summed E-state index contributed by atoms with van der Waals surface area (Å²) in [4.78, 5) is 9.97. The number of benzene rings is 1. The summed E-state index contributed by atoms with van der Waals surface area (Å²) in [6.45, 7) is 4.86. The van der Waals surface area contributed by atoms with Crippen LogP contribution in [0, 0.1) is 6.92 Å². The lowest BCUT2D eigenvalue weighted by molar-refractivity contribution is -0.304. The number of unbranched alkanes of at least 4 members (excludes halogenated alkanes) is 11. The van der Waals surface area contributed by atoms with Crippen LogP contribution >= 0.6 is 0 Å². The number of aryl methyl sites for hydroxylation is 1. The summed E-state index contributed by atoms with van der Waals surface area (Å²) < 4.78 is 31.2. The molecule has 0 atom stereocenters. The van der Waals surface area contributed by atoms with Crippen molar-refractivity contribution < 1.29 is 22.9 Å². The molecule has 174 valence electrons. The molecule has 1 N–H and O–H groups in total. The first-order valence-corrected chi connectivity index (χ1v) is 12.6. The smallest absolute Gasteiger partial charge is 0.124 e. The maximum atomic E-state index is 10.4. The Bertz CT molecular complexity index is 644. The predicted molar refractivity (Wildman–Crippen MR) is 118 cm³/mol. The van der Waals surface area contributed by atoms with E-state index >= 15 is 0 Å². The number of aliphatic carboxylic acids is 1. The Balaban J connectivity index is 0.000000642. The van der Waals surface area contributed by atoms with Crippen molar-refractivity contribution in [2.75, 3.05) is 13.1 Å². The fourth-order valence-electron chi connectivity index (χ4n) is 2.99. The van der Waals surface area contributed by atoms with Crippen molar-refractivity contribution >= 4 is 16.1 Å². The molecule has 30 heavy (non-hydrogen) atoms. The topological polar surface area (TPSA) is 109 Å². The Hall–Kier alpha value is -1.44. The van der Waals surface area contributed by atoms with Gasteiger partial charge in [-0.3, -0.25) is 0 Å². The summed E-state index contributed by atoms with van der Waals surface area (Å²) in [6, 6.07) is 5.78. The second-order valence-corrected chi connectivity index (χ2v) is 9.08. The standard InChI is InChI=1S/C16H33NO2.C7H8O3S/c1-2-3-4-5-6-7-8-9-10-11-12-13-14-17-15-16(18)19;1-6-2-4-7(5-3-6)11(8,9)10/h17H,2-15H2,1H3,(H,18,19);2-5H,1H3,(H,8,9,10)/p-2. The monoisotopic (exact) mass is 441 g/mol. The molecule has 0 amide bonds. The Morgan fingerprint density at radius 2 is 1.27 bits per heavy atom. The molecule has 0 aliphatic carbocycles. The average molecular weight is 442 g/mol. The first-order chi connectivity index (χ1) is 14.3. The van der Waals surface area contributed by atoms with Crippen LogP contribution in [0.25, 0.3) is 0 Å². The molecule has 0 aliphatic heterocycles. The van der Waals surface area contributed by atoms with Gasteiger partial charge in [0.2, 0.25) is 0 Å². The van der Waals surface area contributed by atoms with Gasteiger partial charge in [0, 0.05) is 6.54 Å². The molecule has 0 saturated carbocycles. The molecule has 1 rings (SSSR count). The number of carboxylic acids is 1. The van der Waals surface area contributed by atoms with E-state index < -0.39 is 16.1 Å². The highest BCUT2D eigenvalue weighted by atomic mass is 32.2. The fourth-order valence-corrected chi connectivity index (χ4v) is 3.46. The normalized spacial score (nSPS) is 11.0. The van der Waals surface area contributed by atoms with E-state index in [-0.39, 0.29) is 11.4 Å². The van der Waals surface area contributed by atoms with Gasteiger partial charge in [0.15, 0.2) is 0 Å². The summed E-state index contributed by atoms with van der Waals surface area (Å²) in [6.07, 6.45) is 16.0. The van der Waals surface area contributed by atoms with Crippen LogP contribution in [0.4, 0.5) is 0 Å². The molecule has 1 aromatic rings. The molecule has 0 bridgehead atoms.